The van der Waals surface area contributed by atoms with Gasteiger partial charge in [-0.3, -0.25) is 4.79 Å². The maximum Gasteiger partial charge on any atom is 0.407 e. The number of likely N-dealkylation sites (tertiary alicyclic amines) is 1. The number of piperidine rings is 1. The molecule has 5 rings (SSSR count). The van der Waals surface area contributed by atoms with Crippen LogP contribution in [0.3, 0.4) is 0 Å². The second kappa shape index (κ2) is 11.0. The van der Waals surface area contributed by atoms with Crippen LogP contribution in [0.1, 0.15) is 105 Å². The summed E-state index contributed by atoms with van der Waals surface area (Å²) in [5.74, 6) is 0.395. The molecule has 3 aliphatic carbocycles. The summed E-state index contributed by atoms with van der Waals surface area (Å²) < 4.78 is 0. The van der Waals surface area contributed by atoms with Gasteiger partial charge in [0.05, 0.1) is 5.01 Å². The Balaban J connectivity index is 0.000000354. The van der Waals surface area contributed by atoms with E-state index in [2.05, 4.69) is 4.90 Å². The SMILES string of the molecule is NC1CCCC1.O=C(O)N1CCC(c2nc(C(=O)N(C3CCCCC3)C3CC3)cs2)CC1. The lowest BCUT2D eigenvalue weighted by Crippen LogP contribution is -2.43. The molecule has 0 radical (unpaired) electrons. The Bertz CT molecular complexity index is 761. The number of aromatic nitrogens is 1. The van der Waals surface area contributed by atoms with Crippen LogP contribution in [-0.4, -0.2) is 63.1 Å². The quantitative estimate of drug-likeness (QED) is 0.668. The van der Waals surface area contributed by atoms with Crippen LogP contribution < -0.4 is 5.73 Å². The van der Waals surface area contributed by atoms with Gasteiger partial charge in [0.1, 0.15) is 5.69 Å². The van der Waals surface area contributed by atoms with E-state index >= 15 is 0 Å². The van der Waals surface area contributed by atoms with Gasteiger partial charge in [0.25, 0.3) is 5.91 Å². The van der Waals surface area contributed by atoms with Crippen LogP contribution >= 0.6 is 11.3 Å². The summed E-state index contributed by atoms with van der Waals surface area (Å²) in [5, 5.41) is 12.0. The van der Waals surface area contributed by atoms with Gasteiger partial charge < -0.3 is 20.6 Å². The standard InChI is InChI=1S/C19H27N3O3S.C5H11N/c23-18(22(15-6-7-15)14-4-2-1-3-5-14)16-12-26-17(20-16)13-8-10-21(11-9-13)19(24)25;6-5-3-1-2-4-5/h12-15H,1-11H2,(H,24,25);5H,1-4,6H2. The molecule has 178 valence electrons. The number of nitrogens with zero attached hydrogens (tertiary/aromatic N) is 3. The molecule has 8 heteroatoms. The highest BCUT2D eigenvalue weighted by Gasteiger charge is 2.39. The van der Waals surface area contributed by atoms with Crippen molar-refractivity contribution in [3.8, 4) is 0 Å². The summed E-state index contributed by atoms with van der Waals surface area (Å²) >= 11 is 1.57. The van der Waals surface area contributed by atoms with Crippen LogP contribution in [0.5, 0.6) is 0 Å². The van der Waals surface area contributed by atoms with Crippen molar-refractivity contribution in [3.05, 3.63) is 16.1 Å². The van der Waals surface area contributed by atoms with Crippen molar-refractivity contribution < 1.29 is 14.7 Å². The number of hydrogen-bond acceptors (Lipinski definition) is 5. The number of amides is 2. The fourth-order valence-electron chi connectivity index (χ4n) is 5.32. The lowest BCUT2D eigenvalue weighted by Gasteiger charge is -2.34. The van der Waals surface area contributed by atoms with Gasteiger partial charge in [-0.25, -0.2) is 9.78 Å². The van der Waals surface area contributed by atoms with Crippen molar-refractivity contribution in [2.45, 2.75) is 108 Å². The minimum absolute atomic E-state index is 0.116. The molecular weight excluding hydrogens is 424 g/mol. The van der Waals surface area contributed by atoms with Crippen molar-refractivity contribution >= 4 is 23.3 Å². The third kappa shape index (κ3) is 6.01. The Kier molecular flexibility index (Phi) is 8.05. The van der Waals surface area contributed by atoms with E-state index in [0.29, 0.717) is 36.9 Å². The average Bonchev–Trinajstić information content (AvgIpc) is 3.30. The van der Waals surface area contributed by atoms with E-state index in [4.69, 9.17) is 15.8 Å². The first kappa shape index (κ1) is 23.5. The molecule has 1 aromatic heterocycles. The zero-order chi connectivity index (χ0) is 22.5. The van der Waals surface area contributed by atoms with Crippen LogP contribution in [0.15, 0.2) is 5.38 Å². The minimum Gasteiger partial charge on any atom is -0.465 e. The Labute approximate surface area is 195 Å². The van der Waals surface area contributed by atoms with E-state index in [0.717, 1.165) is 43.5 Å². The summed E-state index contributed by atoms with van der Waals surface area (Å²) in [6, 6.07) is 1.37. The largest absolute Gasteiger partial charge is 0.465 e. The van der Waals surface area contributed by atoms with E-state index in [1.54, 1.807) is 11.3 Å². The van der Waals surface area contributed by atoms with Crippen molar-refractivity contribution in [2.24, 2.45) is 5.73 Å². The molecule has 0 atom stereocenters. The first-order valence-electron chi connectivity index (χ1n) is 12.5. The fourth-order valence-corrected chi connectivity index (χ4v) is 6.29. The monoisotopic (exact) mass is 462 g/mol. The van der Waals surface area contributed by atoms with E-state index in [-0.39, 0.29) is 11.8 Å². The number of carboxylic acid groups (broad SMARTS) is 1. The van der Waals surface area contributed by atoms with Crippen LogP contribution in [0, 0.1) is 0 Å². The minimum atomic E-state index is -0.842. The van der Waals surface area contributed by atoms with Crippen LogP contribution in [-0.2, 0) is 0 Å². The fraction of sp³-hybridized carbons (Fsp3) is 0.792. The molecule has 1 saturated heterocycles. The number of nitrogens with two attached hydrogens (primary N) is 1. The van der Waals surface area contributed by atoms with Crippen molar-refractivity contribution in [1.82, 2.24) is 14.8 Å². The molecule has 0 spiro atoms. The first-order valence-corrected chi connectivity index (χ1v) is 13.4. The molecule has 4 fully saturated rings. The Morgan fingerprint density at radius 3 is 2.06 bits per heavy atom. The molecule has 0 bridgehead atoms. The van der Waals surface area contributed by atoms with Gasteiger partial charge in [-0.15, -0.1) is 11.3 Å². The molecule has 2 amide bonds. The average molecular weight is 463 g/mol. The number of hydrogen-bond donors (Lipinski definition) is 2. The van der Waals surface area contributed by atoms with Gasteiger partial charge in [0, 0.05) is 42.5 Å². The van der Waals surface area contributed by atoms with Gasteiger partial charge in [0.2, 0.25) is 0 Å². The van der Waals surface area contributed by atoms with Gasteiger partial charge in [0.15, 0.2) is 0 Å². The van der Waals surface area contributed by atoms with E-state index < -0.39 is 6.09 Å². The predicted molar refractivity (Wildman–Crippen MR) is 126 cm³/mol. The van der Waals surface area contributed by atoms with Crippen LogP contribution in [0.2, 0.25) is 0 Å². The molecule has 0 aromatic carbocycles. The summed E-state index contributed by atoms with van der Waals surface area (Å²) in [5.41, 5.74) is 6.13. The molecule has 4 aliphatic rings. The molecule has 2 heterocycles. The highest BCUT2D eigenvalue weighted by atomic mass is 32.1. The number of rotatable bonds is 4. The number of thiazole rings is 1. The third-order valence-electron chi connectivity index (χ3n) is 7.40. The first-order chi connectivity index (χ1) is 15.5. The van der Waals surface area contributed by atoms with Gasteiger partial charge in [-0.1, -0.05) is 32.1 Å². The lowest BCUT2D eigenvalue weighted by atomic mass is 9.94. The highest BCUT2D eigenvalue weighted by molar-refractivity contribution is 7.09. The summed E-state index contributed by atoms with van der Waals surface area (Å²) in [6.45, 7) is 1.11. The van der Waals surface area contributed by atoms with E-state index in [9.17, 15) is 9.59 Å². The van der Waals surface area contributed by atoms with Gasteiger partial charge >= 0.3 is 6.09 Å². The van der Waals surface area contributed by atoms with Crippen molar-refractivity contribution in [3.63, 3.8) is 0 Å². The summed E-state index contributed by atoms with van der Waals surface area (Å²) in [7, 11) is 0. The topological polar surface area (TPSA) is 99.8 Å². The molecule has 3 saturated carbocycles. The molecular formula is C24H38N4O3S. The Morgan fingerprint density at radius 1 is 0.938 bits per heavy atom. The molecule has 7 nitrogen and oxygen atoms in total. The highest BCUT2D eigenvalue weighted by Crippen LogP contribution is 2.36. The Hall–Kier alpha value is -1.67. The normalized spacial score (nSPS) is 23.0. The number of carbonyl (C=O) groups is 2. The Morgan fingerprint density at radius 2 is 1.53 bits per heavy atom. The molecule has 1 aliphatic heterocycles. The van der Waals surface area contributed by atoms with E-state index in [1.807, 2.05) is 5.38 Å². The molecule has 3 N–H and O–H groups in total. The van der Waals surface area contributed by atoms with E-state index in [1.165, 1.54) is 49.8 Å². The maximum atomic E-state index is 13.1. The zero-order valence-corrected chi connectivity index (χ0v) is 19.9. The smallest absolute Gasteiger partial charge is 0.407 e. The second-order valence-corrected chi connectivity index (χ2v) is 10.8. The number of carbonyl (C=O) groups excluding carboxylic acids is 1. The molecule has 1 aromatic rings. The molecule has 32 heavy (non-hydrogen) atoms. The second-order valence-electron chi connectivity index (χ2n) is 9.89. The van der Waals surface area contributed by atoms with Crippen LogP contribution in [0.4, 0.5) is 4.79 Å². The summed E-state index contributed by atoms with van der Waals surface area (Å²) in [6.07, 6.45) is 14.3. The lowest BCUT2D eigenvalue weighted by molar-refractivity contribution is 0.0608. The predicted octanol–water partition coefficient (Wildman–Crippen LogP) is 4.83. The van der Waals surface area contributed by atoms with Gasteiger partial charge in [-0.2, -0.15) is 0 Å². The van der Waals surface area contributed by atoms with Crippen molar-refractivity contribution in [1.29, 1.82) is 0 Å². The maximum absolute atomic E-state index is 13.1. The molecule has 0 unspecified atom stereocenters. The zero-order valence-electron chi connectivity index (χ0n) is 19.1. The van der Waals surface area contributed by atoms with Gasteiger partial charge in [-0.05, 0) is 51.4 Å². The summed E-state index contributed by atoms with van der Waals surface area (Å²) in [4.78, 5) is 32.5. The van der Waals surface area contributed by atoms with Crippen LogP contribution in [0.25, 0.3) is 0 Å². The van der Waals surface area contributed by atoms with Crippen molar-refractivity contribution in [2.75, 3.05) is 13.1 Å². The third-order valence-corrected chi connectivity index (χ3v) is 8.41.